The van der Waals surface area contributed by atoms with Gasteiger partial charge >= 0.3 is 0 Å². The third-order valence-corrected chi connectivity index (χ3v) is 2.54. The molecule has 0 aliphatic carbocycles. The molecular formula is C13H16N2O2. The Bertz CT molecular complexity index is 518. The van der Waals surface area contributed by atoms with Crippen LogP contribution < -0.4 is 10.5 Å². The smallest absolute Gasteiger partial charge is 0.292 e. The lowest BCUT2D eigenvalue weighted by atomic mass is 10.0. The zero-order valence-corrected chi connectivity index (χ0v) is 10.2. The average molecular weight is 232 g/mol. The van der Waals surface area contributed by atoms with Crippen molar-refractivity contribution >= 4 is 6.01 Å². The molecule has 2 aromatic rings. The van der Waals surface area contributed by atoms with E-state index in [1.165, 1.54) is 0 Å². The van der Waals surface area contributed by atoms with Crippen LogP contribution in [0, 0.1) is 0 Å². The molecule has 0 saturated carbocycles. The minimum absolute atomic E-state index is 0.200. The minimum atomic E-state index is 0.200. The third-order valence-electron chi connectivity index (χ3n) is 2.54. The van der Waals surface area contributed by atoms with Crippen LogP contribution in [0.5, 0.6) is 5.75 Å². The number of benzene rings is 1. The van der Waals surface area contributed by atoms with Crippen molar-refractivity contribution in [3.63, 3.8) is 0 Å². The molecule has 0 spiro atoms. The van der Waals surface area contributed by atoms with Crippen LogP contribution in [0.3, 0.4) is 0 Å². The van der Waals surface area contributed by atoms with Crippen LogP contribution in [0.2, 0.25) is 0 Å². The predicted octanol–water partition coefficient (Wildman–Crippen LogP) is 3.06. The maximum atomic E-state index is 5.62. The van der Waals surface area contributed by atoms with Crippen molar-refractivity contribution in [1.82, 2.24) is 4.98 Å². The summed E-state index contributed by atoms with van der Waals surface area (Å²) in [4.78, 5) is 4.23. The van der Waals surface area contributed by atoms with E-state index >= 15 is 0 Å². The highest BCUT2D eigenvalue weighted by Crippen LogP contribution is 2.31. The Morgan fingerprint density at radius 1 is 1.35 bits per heavy atom. The summed E-state index contributed by atoms with van der Waals surface area (Å²) in [6, 6.07) is 7.89. The largest absolute Gasteiger partial charge is 0.497 e. The van der Waals surface area contributed by atoms with E-state index < -0.39 is 0 Å². The fourth-order valence-electron chi connectivity index (χ4n) is 1.72. The Kier molecular flexibility index (Phi) is 3.04. The van der Waals surface area contributed by atoms with Crippen LogP contribution in [-0.4, -0.2) is 12.1 Å². The summed E-state index contributed by atoms with van der Waals surface area (Å²) in [5.41, 5.74) is 7.36. The minimum Gasteiger partial charge on any atom is -0.497 e. The number of oxazole rings is 1. The Balaban J connectivity index is 2.51. The molecule has 0 amide bonds. The number of anilines is 1. The van der Waals surface area contributed by atoms with E-state index in [2.05, 4.69) is 4.98 Å². The Morgan fingerprint density at radius 3 is 2.76 bits per heavy atom. The van der Waals surface area contributed by atoms with Crippen LogP contribution in [-0.2, 0) is 0 Å². The van der Waals surface area contributed by atoms with Crippen molar-refractivity contribution < 1.29 is 9.15 Å². The molecule has 0 unspecified atom stereocenters. The molecule has 1 aromatic heterocycles. The number of aromatic nitrogens is 1. The molecule has 0 bridgehead atoms. The van der Waals surface area contributed by atoms with Gasteiger partial charge in [-0.15, -0.1) is 0 Å². The SMILES string of the molecule is COc1cccc(-c2nc(N)oc2C(C)C)c1. The van der Waals surface area contributed by atoms with E-state index in [4.69, 9.17) is 14.9 Å². The van der Waals surface area contributed by atoms with E-state index in [0.29, 0.717) is 0 Å². The van der Waals surface area contributed by atoms with Crippen molar-refractivity contribution in [1.29, 1.82) is 0 Å². The van der Waals surface area contributed by atoms with Crippen molar-refractivity contribution in [3.05, 3.63) is 30.0 Å². The first kappa shape index (κ1) is 11.5. The fraction of sp³-hybridized carbons (Fsp3) is 0.308. The maximum Gasteiger partial charge on any atom is 0.292 e. The van der Waals surface area contributed by atoms with Crippen LogP contribution in [0.4, 0.5) is 6.01 Å². The zero-order chi connectivity index (χ0) is 12.4. The number of methoxy groups -OCH3 is 1. The monoisotopic (exact) mass is 232 g/mol. The molecule has 2 N–H and O–H groups in total. The van der Waals surface area contributed by atoms with Gasteiger partial charge in [-0.1, -0.05) is 26.0 Å². The molecule has 0 aliphatic rings. The fourth-order valence-corrected chi connectivity index (χ4v) is 1.72. The quantitative estimate of drug-likeness (QED) is 0.883. The summed E-state index contributed by atoms with van der Waals surface area (Å²) < 4.78 is 10.6. The topological polar surface area (TPSA) is 61.3 Å². The van der Waals surface area contributed by atoms with Gasteiger partial charge in [0, 0.05) is 11.5 Å². The first-order valence-corrected chi connectivity index (χ1v) is 5.52. The molecule has 4 heteroatoms. The molecule has 0 atom stereocenters. The van der Waals surface area contributed by atoms with Gasteiger partial charge in [0.1, 0.15) is 17.2 Å². The van der Waals surface area contributed by atoms with E-state index in [1.807, 2.05) is 38.1 Å². The summed E-state index contributed by atoms with van der Waals surface area (Å²) in [6.07, 6.45) is 0. The second-order valence-corrected chi connectivity index (χ2v) is 4.15. The Labute approximate surface area is 100 Å². The van der Waals surface area contributed by atoms with Crippen LogP contribution in [0.25, 0.3) is 11.3 Å². The number of nitrogens with two attached hydrogens (primary N) is 1. The lowest BCUT2D eigenvalue weighted by Gasteiger charge is -2.05. The van der Waals surface area contributed by atoms with E-state index in [0.717, 1.165) is 22.8 Å². The molecule has 0 radical (unpaired) electrons. The van der Waals surface area contributed by atoms with Gasteiger partial charge in [0.15, 0.2) is 0 Å². The summed E-state index contributed by atoms with van der Waals surface area (Å²) in [5.74, 6) is 1.83. The van der Waals surface area contributed by atoms with E-state index in [-0.39, 0.29) is 11.9 Å². The van der Waals surface area contributed by atoms with Crippen LogP contribution >= 0.6 is 0 Å². The summed E-state index contributed by atoms with van der Waals surface area (Å²) >= 11 is 0. The highest BCUT2D eigenvalue weighted by Gasteiger charge is 2.16. The van der Waals surface area contributed by atoms with E-state index in [9.17, 15) is 0 Å². The summed E-state index contributed by atoms with van der Waals surface area (Å²) in [7, 11) is 1.64. The molecule has 90 valence electrons. The molecule has 4 nitrogen and oxygen atoms in total. The molecule has 1 heterocycles. The number of ether oxygens (including phenoxy) is 1. The molecule has 2 rings (SSSR count). The van der Waals surface area contributed by atoms with Crippen LogP contribution in [0.15, 0.2) is 28.7 Å². The van der Waals surface area contributed by atoms with Crippen molar-refractivity contribution in [3.8, 4) is 17.0 Å². The molecule has 0 aliphatic heterocycles. The Hall–Kier alpha value is -1.97. The van der Waals surface area contributed by atoms with Gasteiger partial charge < -0.3 is 14.9 Å². The predicted molar refractivity (Wildman–Crippen MR) is 67.0 cm³/mol. The zero-order valence-electron chi connectivity index (χ0n) is 10.2. The normalized spacial score (nSPS) is 10.8. The second-order valence-electron chi connectivity index (χ2n) is 4.15. The number of hydrogen-bond donors (Lipinski definition) is 1. The van der Waals surface area contributed by atoms with E-state index in [1.54, 1.807) is 7.11 Å². The highest BCUT2D eigenvalue weighted by molar-refractivity contribution is 5.64. The van der Waals surface area contributed by atoms with Crippen LogP contribution in [0.1, 0.15) is 25.5 Å². The molecule has 0 saturated heterocycles. The third kappa shape index (κ3) is 2.25. The maximum absolute atomic E-state index is 5.62. The first-order valence-electron chi connectivity index (χ1n) is 5.52. The number of nitrogen functional groups attached to an aromatic ring is 1. The molecule has 17 heavy (non-hydrogen) atoms. The Morgan fingerprint density at radius 2 is 2.12 bits per heavy atom. The average Bonchev–Trinajstić information content (AvgIpc) is 2.72. The number of nitrogens with zero attached hydrogens (tertiary/aromatic N) is 1. The van der Waals surface area contributed by atoms with Gasteiger partial charge in [-0.3, -0.25) is 0 Å². The summed E-state index contributed by atoms with van der Waals surface area (Å²) in [6.45, 7) is 4.09. The second kappa shape index (κ2) is 4.49. The van der Waals surface area contributed by atoms with Gasteiger partial charge in [0.05, 0.1) is 7.11 Å². The van der Waals surface area contributed by atoms with Gasteiger partial charge in [-0.05, 0) is 12.1 Å². The molecular weight excluding hydrogens is 216 g/mol. The lowest BCUT2D eigenvalue weighted by Crippen LogP contribution is -1.90. The number of rotatable bonds is 3. The molecule has 1 aromatic carbocycles. The van der Waals surface area contributed by atoms with Gasteiger partial charge in [0.25, 0.3) is 6.01 Å². The van der Waals surface area contributed by atoms with Gasteiger partial charge in [-0.2, -0.15) is 4.98 Å². The van der Waals surface area contributed by atoms with Crippen molar-refractivity contribution in [2.45, 2.75) is 19.8 Å². The van der Waals surface area contributed by atoms with Crippen molar-refractivity contribution in [2.75, 3.05) is 12.8 Å². The standard InChI is InChI=1S/C13H16N2O2/c1-8(2)12-11(15-13(14)17-12)9-5-4-6-10(7-9)16-3/h4-8H,1-3H3,(H2,14,15). The van der Waals surface area contributed by atoms with Gasteiger partial charge in [-0.25, -0.2) is 0 Å². The van der Waals surface area contributed by atoms with Crippen molar-refractivity contribution in [2.24, 2.45) is 0 Å². The van der Waals surface area contributed by atoms with Gasteiger partial charge in [0.2, 0.25) is 0 Å². The molecule has 0 fully saturated rings. The lowest BCUT2D eigenvalue weighted by molar-refractivity contribution is 0.415. The number of hydrogen-bond acceptors (Lipinski definition) is 4. The highest BCUT2D eigenvalue weighted by atomic mass is 16.5. The summed E-state index contributed by atoms with van der Waals surface area (Å²) in [5, 5.41) is 0. The first-order chi connectivity index (χ1) is 8.11.